The monoisotopic (exact) mass is 358 g/mol. The lowest BCUT2D eigenvalue weighted by atomic mass is 10.1. The zero-order chi connectivity index (χ0) is 16.9. The molecule has 0 fully saturated rings. The molecule has 0 radical (unpaired) electrons. The van der Waals surface area contributed by atoms with Gasteiger partial charge < -0.3 is 4.74 Å². The molecule has 0 N–H and O–H groups in total. The van der Waals surface area contributed by atoms with Gasteiger partial charge in [-0.1, -0.05) is 40.4 Å². The largest absolute Gasteiger partial charge is 0.488 e. The van der Waals surface area contributed by atoms with Crippen molar-refractivity contribution in [1.29, 1.82) is 0 Å². The average Bonchev–Trinajstić information content (AvgIpc) is 3.03. The van der Waals surface area contributed by atoms with Crippen LogP contribution in [0.5, 0.6) is 5.75 Å². The summed E-state index contributed by atoms with van der Waals surface area (Å²) in [7, 11) is 0. The summed E-state index contributed by atoms with van der Waals surface area (Å²) in [6.07, 6.45) is 0.444. The van der Waals surface area contributed by atoms with E-state index in [0.717, 1.165) is 27.4 Å². The Bertz CT molecular complexity index is 829. The van der Waals surface area contributed by atoms with Gasteiger partial charge in [0.05, 0.1) is 4.88 Å². The summed E-state index contributed by atoms with van der Waals surface area (Å²) < 4.78 is 9.84. The minimum Gasteiger partial charge on any atom is -0.488 e. The predicted octanol–water partition coefficient (Wildman–Crippen LogP) is 4.57. The van der Waals surface area contributed by atoms with Gasteiger partial charge in [-0.2, -0.15) is 0 Å². The van der Waals surface area contributed by atoms with Crippen molar-refractivity contribution >= 4 is 28.9 Å². The lowest BCUT2D eigenvalue weighted by Crippen LogP contribution is -1.98. The van der Waals surface area contributed by atoms with E-state index in [1.807, 2.05) is 48.5 Å². The Hall–Kier alpha value is -2.24. The van der Waals surface area contributed by atoms with Gasteiger partial charge in [0.15, 0.2) is 0 Å². The highest BCUT2D eigenvalue weighted by Gasteiger charge is 2.11. The Balaban J connectivity index is 1.68. The highest BCUT2D eigenvalue weighted by Crippen LogP contribution is 2.26. The maximum atomic E-state index is 11.1. The second-order valence-corrected chi connectivity index (χ2v) is 6.64. The second kappa shape index (κ2) is 7.55. The number of aromatic nitrogens is 2. The van der Waals surface area contributed by atoms with Crippen LogP contribution in [0, 0.1) is 0 Å². The van der Waals surface area contributed by atoms with Gasteiger partial charge in [0, 0.05) is 17.0 Å². The Kier molecular flexibility index (Phi) is 5.23. The fourth-order valence-corrected chi connectivity index (χ4v) is 2.97. The Morgan fingerprint density at radius 2 is 1.83 bits per heavy atom. The molecule has 3 rings (SSSR count). The van der Waals surface area contributed by atoms with E-state index in [0.29, 0.717) is 18.1 Å². The first kappa shape index (κ1) is 16.6. The van der Waals surface area contributed by atoms with Gasteiger partial charge in [-0.05, 0) is 48.3 Å². The number of ether oxygens (including phenoxy) is 1. The van der Waals surface area contributed by atoms with Gasteiger partial charge in [0.1, 0.15) is 23.8 Å². The number of nitrogens with zero attached hydrogens (tertiary/aromatic N) is 2. The lowest BCUT2D eigenvalue weighted by Gasteiger charge is -2.07. The molecule has 1 heterocycles. The van der Waals surface area contributed by atoms with Crippen LogP contribution in [0.4, 0.5) is 0 Å². The summed E-state index contributed by atoms with van der Waals surface area (Å²) in [5, 5.41) is 4.87. The predicted molar refractivity (Wildman–Crippen MR) is 95.5 cm³/mol. The van der Waals surface area contributed by atoms with Crippen LogP contribution in [0.3, 0.4) is 0 Å². The van der Waals surface area contributed by atoms with Crippen LogP contribution in [-0.2, 0) is 17.8 Å². The smallest absolute Gasteiger partial charge is 0.134 e. The second-order valence-electron chi connectivity index (χ2n) is 5.36. The molecule has 0 bridgehead atoms. The topological polar surface area (TPSA) is 52.1 Å². The molecule has 24 heavy (non-hydrogen) atoms. The third-order valence-corrected chi connectivity index (χ3v) is 4.37. The van der Waals surface area contributed by atoms with Crippen LogP contribution in [0.2, 0.25) is 5.02 Å². The molecule has 6 heteroatoms. The fraction of sp³-hybridized carbons (Fsp3) is 0.167. The lowest BCUT2D eigenvalue weighted by molar-refractivity contribution is -0.116. The van der Waals surface area contributed by atoms with Crippen molar-refractivity contribution in [2.45, 2.75) is 20.0 Å². The molecule has 0 spiro atoms. The van der Waals surface area contributed by atoms with E-state index in [1.54, 1.807) is 6.92 Å². The van der Waals surface area contributed by atoms with E-state index >= 15 is 0 Å². The SMILES string of the molecule is CC(=O)Cc1ccc(OCc2snnc2-c2ccc(Cl)cc2)cc1. The molecule has 122 valence electrons. The summed E-state index contributed by atoms with van der Waals surface area (Å²) in [6, 6.07) is 15.0. The van der Waals surface area contributed by atoms with Gasteiger partial charge in [-0.15, -0.1) is 5.10 Å². The number of Topliss-reactive ketones (excluding diaryl/α,β-unsaturated/α-hetero) is 1. The first-order chi connectivity index (χ1) is 11.6. The number of ketones is 1. The first-order valence-electron chi connectivity index (χ1n) is 7.40. The van der Waals surface area contributed by atoms with Crippen molar-refractivity contribution in [3.63, 3.8) is 0 Å². The van der Waals surface area contributed by atoms with Crippen molar-refractivity contribution in [2.24, 2.45) is 0 Å². The Morgan fingerprint density at radius 1 is 1.12 bits per heavy atom. The van der Waals surface area contributed by atoms with E-state index in [-0.39, 0.29) is 5.78 Å². The van der Waals surface area contributed by atoms with Crippen LogP contribution in [0.25, 0.3) is 11.3 Å². The van der Waals surface area contributed by atoms with Crippen molar-refractivity contribution in [3.8, 4) is 17.0 Å². The molecule has 0 unspecified atom stereocenters. The number of carbonyl (C=O) groups excluding carboxylic acids is 1. The maximum absolute atomic E-state index is 11.1. The van der Waals surface area contributed by atoms with Crippen LogP contribution in [0.1, 0.15) is 17.4 Å². The zero-order valence-electron chi connectivity index (χ0n) is 13.0. The summed E-state index contributed by atoms with van der Waals surface area (Å²) in [4.78, 5) is 12.1. The van der Waals surface area contributed by atoms with E-state index in [1.165, 1.54) is 11.5 Å². The molecular weight excluding hydrogens is 344 g/mol. The van der Waals surface area contributed by atoms with Gasteiger partial charge in [0.2, 0.25) is 0 Å². The van der Waals surface area contributed by atoms with Gasteiger partial charge >= 0.3 is 0 Å². The van der Waals surface area contributed by atoms with Gasteiger partial charge in [-0.3, -0.25) is 4.79 Å². The molecule has 2 aromatic carbocycles. The number of carbonyl (C=O) groups is 1. The number of benzene rings is 2. The Labute approximate surface area is 149 Å². The molecule has 3 aromatic rings. The molecule has 4 nitrogen and oxygen atoms in total. The van der Waals surface area contributed by atoms with Crippen molar-refractivity contribution in [2.75, 3.05) is 0 Å². The zero-order valence-corrected chi connectivity index (χ0v) is 14.6. The molecule has 0 saturated heterocycles. The van der Waals surface area contributed by atoms with E-state index in [4.69, 9.17) is 16.3 Å². The van der Waals surface area contributed by atoms with Gasteiger partial charge in [-0.25, -0.2) is 0 Å². The van der Waals surface area contributed by atoms with E-state index in [9.17, 15) is 4.79 Å². The van der Waals surface area contributed by atoms with Crippen LogP contribution < -0.4 is 4.74 Å². The number of halogens is 1. The van der Waals surface area contributed by atoms with Crippen LogP contribution >= 0.6 is 23.1 Å². The molecule has 0 aliphatic heterocycles. The molecule has 0 aliphatic carbocycles. The molecule has 0 atom stereocenters. The van der Waals surface area contributed by atoms with E-state index < -0.39 is 0 Å². The van der Waals surface area contributed by atoms with Crippen LogP contribution in [-0.4, -0.2) is 15.4 Å². The minimum absolute atomic E-state index is 0.145. The quantitative estimate of drug-likeness (QED) is 0.647. The highest BCUT2D eigenvalue weighted by molar-refractivity contribution is 7.05. The van der Waals surface area contributed by atoms with Crippen molar-refractivity contribution in [1.82, 2.24) is 9.59 Å². The fourth-order valence-electron chi connectivity index (χ4n) is 2.27. The molecule has 0 saturated carbocycles. The van der Waals surface area contributed by atoms with Crippen molar-refractivity contribution in [3.05, 3.63) is 64.0 Å². The van der Waals surface area contributed by atoms with Crippen molar-refractivity contribution < 1.29 is 9.53 Å². The minimum atomic E-state index is 0.145. The van der Waals surface area contributed by atoms with Gasteiger partial charge in [0.25, 0.3) is 0 Å². The Morgan fingerprint density at radius 3 is 2.50 bits per heavy atom. The van der Waals surface area contributed by atoms with Crippen LogP contribution in [0.15, 0.2) is 48.5 Å². The average molecular weight is 359 g/mol. The highest BCUT2D eigenvalue weighted by atomic mass is 35.5. The summed E-state index contributed by atoms with van der Waals surface area (Å²) in [6.45, 7) is 1.97. The maximum Gasteiger partial charge on any atom is 0.134 e. The first-order valence-corrected chi connectivity index (χ1v) is 8.55. The molecule has 0 amide bonds. The summed E-state index contributed by atoms with van der Waals surface area (Å²) in [5.41, 5.74) is 2.75. The number of hydrogen-bond acceptors (Lipinski definition) is 5. The third-order valence-electron chi connectivity index (χ3n) is 3.42. The normalized spacial score (nSPS) is 10.6. The number of rotatable bonds is 6. The standard InChI is InChI=1S/C18H15ClN2O2S/c1-12(22)10-13-2-8-16(9-3-13)23-11-17-18(20-21-24-17)14-4-6-15(19)7-5-14/h2-9H,10-11H2,1H3. The third kappa shape index (κ3) is 4.19. The molecule has 0 aliphatic rings. The van der Waals surface area contributed by atoms with E-state index in [2.05, 4.69) is 9.59 Å². The summed E-state index contributed by atoms with van der Waals surface area (Å²) >= 11 is 7.23. The summed E-state index contributed by atoms with van der Waals surface area (Å²) in [5.74, 6) is 0.893. The number of hydrogen-bond donors (Lipinski definition) is 0. The molecule has 1 aromatic heterocycles. The molecular formula is C18H15ClN2O2S.